The second kappa shape index (κ2) is 6.21. The van der Waals surface area contributed by atoms with Gasteiger partial charge in [0.2, 0.25) is 0 Å². The fourth-order valence-electron chi connectivity index (χ4n) is 2.20. The molecule has 1 saturated carbocycles. The molecule has 15 heavy (non-hydrogen) atoms. The number of hydrogen-bond donors (Lipinski definition) is 1. The number of aliphatic hydroxyl groups is 1. The second-order valence-corrected chi connectivity index (χ2v) is 6.02. The van der Waals surface area contributed by atoms with Gasteiger partial charge in [-0.3, -0.25) is 0 Å². The van der Waals surface area contributed by atoms with Crippen molar-refractivity contribution in [2.75, 3.05) is 25.5 Å². The lowest BCUT2D eigenvalue weighted by molar-refractivity contribution is 0.0259. The summed E-state index contributed by atoms with van der Waals surface area (Å²) in [5.74, 6) is 2.20. The van der Waals surface area contributed by atoms with Crippen LogP contribution in [0.1, 0.15) is 26.7 Å². The van der Waals surface area contributed by atoms with Crippen LogP contribution < -0.4 is 0 Å². The molecule has 1 fully saturated rings. The summed E-state index contributed by atoms with van der Waals surface area (Å²) >= 11 is 3.59. The van der Waals surface area contributed by atoms with E-state index in [0.717, 1.165) is 49.0 Å². The summed E-state index contributed by atoms with van der Waals surface area (Å²) in [5, 5.41) is 10.3. The zero-order valence-electron chi connectivity index (χ0n) is 10.1. The summed E-state index contributed by atoms with van der Waals surface area (Å²) in [6.45, 7) is 6.88. The molecule has 1 rings (SSSR count). The molecule has 90 valence electrons. The van der Waals surface area contributed by atoms with E-state index in [4.69, 9.17) is 0 Å². The Morgan fingerprint density at radius 1 is 1.40 bits per heavy atom. The molecule has 0 bridgehead atoms. The Morgan fingerprint density at radius 3 is 2.40 bits per heavy atom. The third-order valence-electron chi connectivity index (χ3n) is 3.47. The van der Waals surface area contributed by atoms with Gasteiger partial charge in [-0.25, -0.2) is 0 Å². The maximum absolute atomic E-state index is 9.22. The van der Waals surface area contributed by atoms with Crippen LogP contribution in [0.3, 0.4) is 0 Å². The Kier molecular flexibility index (Phi) is 5.58. The van der Waals surface area contributed by atoms with Gasteiger partial charge in [-0.05, 0) is 37.6 Å². The third-order valence-corrected chi connectivity index (χ3v) is 4.30. The maximum atomic E-state index is 9.22. The molecule has 1 aliphatic carbocycles. The van der Waals surface area contributed by atoms with Crippen molar-refractivity contribution >= 4 is 15.9 Å². The van der Waals surface area contributed by atoms with Crippen LogP contribution >= 0.6 is 15.9 Å². The third kappa shape index (κ3) is 4.41. The highest BCUT2D eigenvalue weighted by Gasteiger charge is 2.28. The van der Waals surface area contributed by atoms with Gasteiger partial charge in [0.1, 0.15) is 0 Å². The van der Waals surface area contributed by atoms with E-state index in [9.17, 15) is 5.11 Å². The smallest absolute Gasteiger partial charge is 0.0546 e. The van der Waals surface area contributed by atoms with Gasteiger partial charge in [0.15, 0.2) is 0 Å². The maximum Gasteiger partial charge on any atom is 0.0546 e. The summed E-state index contributed by atoms with van der Waals surface area (Å²) in [6.07, 6.45) is 2.00. The Balaban J connectivity index is 2.19. The highest BCUT2D eigenvalue weighted by Crippen LogP contribution is 2.28. The first-order valence-corrected chi connectivity index (χ1v) is 7.07. The van der Waals surface area contributed by atoms with Crippen LogP contribution in [0.4, 0.5) is 0 Å². The number of aliphatic hydroxyl groups excluding tert-OH is 1. The highest BCUT2D eigenvalue weighted by molar-refractivity contribution is 9.09. The van der Waals surface area contributed by atoms with Crippen molar-refractivity contribution in [1.29, 1.82) is 0 Å². The minimum absolute atomic E-state index is 0.0135. The van der Waals surface area contributed by atoms with Crippen LogP contribution in [0.15, 0.2) is 0 Å². The molecule has 0 radical (unpaired) electrons. The second-order valence-electron chi connectivity index (χ2n) is 5.37. The lowest BCUT2D eigenvalue weighted by Crippen LogP contribution is -2.39. The predicted molar refractivity (Wildman–Crippen MR) is 68.3 cm³/mol. The first-order valence-electron chi connectivity index (χ1n) is 5.95. The summed E-state index contributed by atoms with van der Waals surface area (Å²) < 4.78 is 0. The highest BCUT2D eigenvalue weighted by atomic mass is 79.9. The molecule has 1 N–H and O–H groups in total. The largest absolute Gasteiger partial charge is 0.393 e. The first kappa shape index (κ1) is 13.5. The monoisotopic (exact) mass is 277 g/mol. The first-order chi connectivity index (χ1) is 7.02. The van der Waals surface area contributed by atoms with Crippen LogP contribution in [0, 0.1) is 17.8 Å². The van der Waals surface area contributed by atoms with Crippen molar-refractivity contribution in [3.8, 4) is 0 Å². The molecule has 0 aromatic rings. The van der Waals surface area contributed by atoms with E-state index in [1.165, 1.54) is 0 Å². The summed E-state index contributed by atoms with van der Waals surface area (Å²) in [4.78, 5) is 2.42. The molecule has 0 heterocycles. The van der Waals surface area contributed by atoms with Crippen molar-refractivity contribution < 1.29 is 5.11 Å². The van der Waals surface area contributed by atoms with Gasteiger partial charge in [0, 0.05) is 18.4 Å². The normalized spacial score (nSPS) is 28.2. The van der Waals surface area contributed by atoms with Gasteiger partial charge < -0.3 is 10.0 Å². The van der Waals surface area contributed by atoms with E-state index in [2.05, 4.69) is 41.7 Å². The van der Waals surface area contributed by atoms with Crippen molar-refractivity contribution in [2.24, 2.45) is 17.8 Å². The molecular formula is C12H24BrNO. The molecule has 0 aromatic carbocycles. The summed E-state index contributed by atoms with van der Waals surface area (Å²) in [5.41, 5.74) is 0. The number of alkyl halides is 1. The molecule has 0 saturated heterocycles. The zero-order chi connectivity index (χ0) is 11.4. The molecule has 0 aliphatic heterocycles. The Morgan fingerprint density at radius 2 is 2.00 bits per heavy atom. The average Bonchev–Trinajstić information content (AvgIpc) is 2.11. The van der Waals surface area contributed by atoms with Gasteiger partial charge in [-0.1, -0.05) is 29.8 Å². The minimum Gasteiger partial charge on any atom is -0.393 e. The van der Waals surface area contributed by atoms with Crippen LogP contribution in [-0.2, 0) is 0 Å². The fraction of sp³-hybridized carbons (Fsp3) is 1.00. The van der Waals surface area contributed by atoms with E-state index < -0.39 is 0 Å². The van der Waals surface area contributed by atoms with E-state index in [1.54, 1.807) is 0 Å². The summed E-state index contributed by atoms with van der Waals surface area (Å²) in [7, 11) is 2.20. The van der Waals surface area contributed by atoms with Crippen LogP contribution in [0.25, 0.3) is 0 Å². The topological polar surface area (TPSA) is 23.5 Å². The zero-order valence-corrected chi connectivity index (χ0v) is 11.7. The molecule has 0 spiro atoms. The van der Waals surface area contributed by atoms with Crippen molar-refractivity contribution in [3.63, 3.8) is 0 Å². The van der Waals surface area contributed by atoms with Crippen molar-refractivity contribution in [2.45, 2.75) is 32.8 Å². The van der Waals surface area contributed by atoms with Gasteiger partial charge in [0.05, 0.1) is 6.10 Å². The van der Waals surface area contributed by atoms with Crippen LogP contribution in [0.5, 0.6) is 0 Å². The molecule has 3 heteroatoms. The SMILES string of the molecule is CC(C)C(CBr)CN(C)CC1CC(O)C1. The van der Waals surface area contributed by atoms with Crippen LogP contribution in [-0.4, -0.2) is 41.6 Å². The van der Waals surface area contributed by atoms with E-state index in [0.29, 0.717) is 0 Å². The summed E-state index contributed by atoms with van der Waals surface area (Å²) in [6, 6.07) is 0. The lowest BCUT2D eigenvalue weighted by Gasteiger charge is -2.35. The Labute approximate surface area is 102 Å². The van der Waals surface area contributed by atoms with Gasteiger partial charge in [-0.2, -0.15) is 0 Å². The molecular weight excluding hydrogens is 254 g/mol. The number of hydrogen-bond acceptors (Lipinski definition) is 2. The Bertz CT molecular complexity index is 180. The average molecular weight is 278 g/mol. The molecule has 2 nitrogen and oxygen atoms in total. The van der Waals surface area contributed by atoms with E-state index in [-0.39, 0.29) is 6.10 Å². The van der Waals surface area contributed by atoms with E-state index in [1.807, 2.05) is 0 Å². The number of halogens is 1. The molecule has 0 aromatic heterocycles. The quantitative estimate of drug-likeness (QED) is 0.754. The van der Waals surface area contributed by atoms with Gasteiger partial charge in [-0.15, -0.1) is 0 Å². The lowest BCUT2D eigenvalue weighted by atomic mass is 9.82. The fourth-order valence-corrected chi connectivity index (χ4v) is 3.16. The Hall–Kier alpha value is 0.400. The van der Waals surface area contributed by atoms with Crippen molar-refractivity contribution in [1.82, 2.24) is 4.90 Å². The number of nitrogens with zero attached hydrogens (tertiary/aromatic N) is 1. The molecule has 1 aliphatic rings. The predicted octanol–water partition coefficient (Wildman–Crippen LogP) is 2.36. The van der Waals surface area contributed by atoms with Gasteiger partial charge in [0.25, 0.3) is 0 Å². The van der Waals surface area contributed by atoms with Gasteiger partial charge >= 0.3 is 0 Å². The van der Waals surface area contributed by atoms with Crippen molar-refractivity contribution in [3.05, 3.63) is 0 Å². The number of rotatable bonds is 6. The van der Waals surface area contributed by atoms with E-state index >= 15 is 0 Å². The molecule has 1 unspecified atom stereocenters. The standard InChI is InChI=1S/C12H24BrNO/c1-9(2)11(6-13)8-14(3)7-10-4-12(15)5-10/h9-12,15H,4-8H2,1-3H3. The molecule has 1 atom stereocenters. The van der Waals surface area contributed by atoms with Crippen LogP contribution in [0.2, 0.25) is 0 Å². The minimum atomic E-state index is -0.0135. The molecule has 0 amide bonds.